The first-order valence-corrected chi connectivity index (χ1v) is 5.92. The van der Waals surface area contributed by atoms with Gasteiger partial charge in [0.25, 0.3) is 0 Å². The zero-order valence-electron chi connectivity index (χ0n) is 10.9. The first-order chi connectivity index (χ1) is 9.26. The Morgan fingerprint density at radius 1 is 1.42 bits per heavy atom. The Labute approximate surface area is 113 Å². The standard InChI is InChI=1S/C14H18N2O3/c1-18-8-9-19-11-14(17)16-13-6-2-4-12(10-13)5-3-7-15/h2,4,6,10H,7-9,11,15H2,1H3,(H,16,17). The van der Waals surface area contributed by atoms with Crippen LogP contribution in [-0.2, 0) is 14.3 Å². The van der Waals surface area contributed by atoms with Crippen molar-refractivity contribution in [1.29, 1.82) is 0 Å². The van der Waals surface area contributed by atoms with E-state index in [1.165, 1.54) is 0 Å². The van der Waals surface area contributed by atoms with Gasteiger partial charge in [-0.25, -0.2) is 0 Å². The summed E-state index contributed by atoms with van der Waals surface area (Å²) in [6.07, 6.45) is 0. The number of carbonyl (C=O) groups excluding carboxylic acids is 1. The summed E-state index contributed by atoms with van der Waals surface area (Å²) in [6, 6.07) is 7.26. The molecule has 3 N–H and O–H groups in total. The number of methoxy groups -OCH3 is 1. The number of carbonyl (C=O) groups is 1. The predicted octanol–water partition coefficient (Wildman–Crippen LogP) is 0.598. The monoisotopic (exact) mass is 262 g/mol. The van der Waals surface area contributed by atoms with Crippen molar-refractivity contribution in [3.05, 3.63) is 29.8 Å². The molecule has 0 radical (unpaired) electrons. The number of hydrogen-bond acceptors (Lipinski definition) is 4. The highest BCUT2D eigenvalue weighted by Gasteiger charge is 2.02. The smallest absolute Gasteiger partial charge is 0.250 e. The molecule has 0 aliphatic carbocycles. The third-order valence-corrected chi connectivity index (χ3v) is 2.15. The van der Waals surface area contributed by atoms with Crippen LogP contribution in [-0.4, -0.2) is 39.4 Å². The van der Waals surface area contributed by atoms with Crippen molar-refractivity contribution in [2.45, 2.75) is 0 Å². The van der Waals surface area contributed by atoms with Crippen LogP contribution in [0.5, 0.6) is 0 Å². The molecule has 5 heteroatoms. The van der Waals surface area contributed by atoms with Crippen LogP contribution in [0.2, 0.25) is 0 Å². The minimum absolute atomic E-state index is 0.00205. The Morgan fingerprint density at radius 3 is 3.00 bits per heavy atom. The second kappa shape index (κ2) is 9.11. The minimum Gasteiger partial charge on any atom is -0.382 e. The number of nitrogens with two attached hydrogens (primary N) is 1. The normalized spacial score (nSPS) is 9.58. The minimum atomic E-state index is -0.208. The van der Waals surface area contributed by atoms with Gasteiger partial charge in [-0.05, 0) is 18.2 Å². The van der Waals surface area contributed by atoms with Gasteiger partial charge in [-0.2, -0.15) is 0 Å². The Bertz CT molecular complexity index is 463. The molecule has 0 heterocycles. The van der Waals surface area contributed by atoms with Crippen LogP contribution in [0.3, 0.4) is 0 Å². The molecular formula is C14H18N2O3. The Balaban J connectivity index is 2.45. The topological polar surface area (TPSA) is 73.6 Å². The molecular weight excluding hydrogens is 244 g/mol. The fourth-order valence-electron chi connectivity index (χ4n) is 1.33. The van der Waals surface area contributed by atoms with Crippen molar-refractivity contribution in [2.75, 3.05) is 38.8 Å². The second-order valence-corrected chi connectivity index (χ2v) is 3.68. The van der Waals surface area contributed by atoms with Crippen LogP contribution in [0.1, 0.15) is 5.56 Å². The number of ether oxygens (including phenoxy) is 2. The van der Waals surface area contributed by atoms with Gasteiger partial charge in [0.2, 0.25) is 5.91 Å². The molecule has 0 unspecified atom stereocenters. The molecule has 0 aromatic heterocycles. The molecule has 5 nitrogen and oxygen atoms in total. The van der Waals surface area contributed by atoms with Gasteiger partial charge < -0.3 is 20.5 Å². The van der Waals surface area contributed by atoms with Gasteiger partial charge in [0.1, 0.15) is 6.61 Å². The van der Waals surface area contributed by atoms with Crippen LogP contribution in [0.25, 0.3) is 0 Å². The molecule has 1 rings (SSSR count). The second-order valence-electron chi connectivity index (χ2n) is 3.68. The summed E-state index contributed by atoms with van der Waals surface area (Å²) in [7, 11) is 1.58. The lowest BCUT2D eigenvalue weighted by molar-refractivity contribution is -0.121. The maximum absolute atomic E-state index is 11.6. The number of amides is 1. The highest BCUT2D eigenvalue weighted by atomic mass is 16.5. The van der Waals surface area contributed by atoms with Gasteiger partial charge in [0.15, 0.2) is 0 Å². The van der Waals surface area contributed by atoms with Crippen LogP contribution in [0.15, 0.2) is 24.3 Å². The maximum Gasteiger partial charge on any atom is 0.250 e. The third-order valence-electron chi connectivity index (χ3n) is 2.15. The van der Waals surface area contributed by atoms with E-state index < -0.39 is 0 Å². The highest BCUT2D eigenvalue weighted by molar-refractivity contribution is 5.91. The fourth-order valence-corrected chi connectivity index (χ4v) is 1.33. The third kappa shape index (κ3) is 6.58. The Kier molecular flexibility index (Phi) is 7.28. The van der Waals surface area contributed by atoms with Crippen molar-refractivity contribution in [3.63, 3.8) is 0 Å². The molecule has 1 aromatic rings. The van der Waals surface area contributed by atoms with Crippen LogP contribution in [0.4, 0.5) is 5.69 Å². The molecule has 102 valence electrons. The SMILES string of the molecule is COCCOCC(=O)Nc1cccc(C#CCN)c1. The maximum atomic E-state index is 11.6. The van der Waals surface area contributed by atoms with E-state index in [2.05, 4.69) is 17.2 Å². The summed E-state index contributed by atoms with van der Waals surface area (Å²) in [4.78, 5) is 11.6. The van der Waals surface area contributed by atoms with Crippen LogP contribution < -0.4 is 11.1 Å². The van der Waals surface area contributed by atoms with E-state index in [0.29, 0.717) is 25.4 Å². The van der Waals surface area contributed by atoms with Gasteiger partial charge >= 0.3 is 0 Å². The van der Waals surface area contributed by atoms with E-state index in [1.807, 2.05) is 12.1 Å². The average molecular weight is 262 g/mol. The summed E-state index contributed by atoms with van der Waals surface area (Å²) >= 11 is 0. The van der Waals surface area contributed by atoms with E-state index in [4.69, 9.17) is 15.2 Å². The number of benzene rings is 1. The number of hydrogen-bond donors (Lipinski definition) is 2. The largest absolute Gasteiger partial charge is 0.382 e. The molecule has 0 aliphatic heterocycles. The van der Waals surface area contributed by atoms with Gasteiger partial charge in [0.05, 0.1) is 19.8 Å². The fraction of sp³-hybridized carbons (Fsp3) is 0.357. The van der Waals surface area contributed by atoms with Crippen LogP contribution in [0, 0.1) is 11.8 Å². The van der Waals surface area contributed by atoms with Crippen molar-refractivity contribution < 1.29 is 14.3 Å². The quantitative estimate of drug-likeness (QED) is 0.581. The molecule has 0 aliphatic rings. The molecule has 19 heavy (non-hydrogen) atoms. The first kappa shape index (κ1) is 15.2. The van der Waals surface area contributed by atoms with E-state index in [-0.39, 0.29) is 12.5 Å². The highest BCUT2D eigenvalue weighted by Crippen LogP contribution is 2.09. The molecule has 0 spiro atoms. The molecule has 0 fully saturated rings. The van der Waals surface area contributed by atoms with Crippen molar-refractivity contribution in [1.82, 2.24) is 0 Å². The van der Waals surface area contributed by atoms with E-state index >= 15 is 0 Å². The summed E-state index contributed by atoms with van der Waals surface area (Å²) < 4.78 is 9.93. The molecule has 0 bridgehead atoms. The van der Waals surface area contributed by atoms with Gasteiger partial charge in [-0.1, -0.05) is 17.9 Å². The van der Waals surface area contributed by atoms with Gasteiger partial charge in [0, 0.05) is 18.4 Å². The van der Waals surface area contributed by atoms with Crippen molar-refractivity contribution in [2.24, 2.45) is 5.73 Å². The zero-order chi connectivity index (χ0) is 13.9. The predicted molar refractivity (Wildman–Crippen MR) is 73.7 cm³/mol. The first-order valence-electron chi connectivity index (χ1n) is 5.92. The lowest BCUT2D eigenvalue weighted by atomic mass is 10.2. The summed E-state index contributed by atoms with van der Waals surface area (Å²) in [5.41, 5.74) is 6.80. The molecule has 0 atom stereocenters. The van der Waals surface area contributed by atoms with E-state index in [1.54, 1.807) is 19.2 Å². The molecule has 0 saturated heterocycles. The lowest BCUT2D eigenvalue weighted by Gasteiger charge is -2.06. The number of anilines is 1. The summed E-state index contributed by atoms with van der Waals surface area (Å²) in [6.45, 7) is 1.18. The number of nitrogens with one attached hydrogen (secondary N) is 1. The van der Waals surface area contributed by atoms with Crippen LogP contribution >= 0.6 is 0 Å². The molecule has 1 aromatic carbocycles. The van der Waals surface area contributed by atoms with E-state index in [0.717, 1.165) is 5.56 Å². The Hall–Kier alpha value is -1.87. The summed E-state index contributed by atoms with van der Waals surface area (Å²) in [5.74, 6) is 5.46. The Morgan fingerprint density at radius 2 is 2.26 bits per heavy atom. The molecule has 0 saturated carbocycles. The summed E-state index contributed by atoms with van der Waals surface area (Å²) in [5, 5.41) is 2.73. The van der Waals surface area contributed by atoms with Crippen molar-refractivity contribution in [3.8, 4) is 11.8 Å². The number of rotatable bonds is 6. The van der Waals surface area contributed by atoms with Crippen molar-refractivity contribution >= 4 is 11.6 Å². The lowest BCUT2D eigenvalue weighted by Crippen LogP contribution is -2.19. The van der Waals surface area contributed by atoms with Gasteiger partial charge in [-0.3, -0.25) is 4.79 Å². The zero-order valence-corrected chi connectivity index (χ0v) is 10.9. The van der Waals surface area contributed by atoms with E-state index in [9.17, 15) is 4.79 Å². The average Bonchev–Trinajstić information content (AvgIpc) is 2.42. The molecule has 1 amide bonds. The van der Waals surface area contributed by atoms with Gasteiger partial charge in [-0.15, -0.1) is 0 Å².